The lowest BCUT2D eigenvalue weighted by Crippen LogP contribution is -2.47. The Balaban J connectivity index is 2.25. The third-order valence-corrected chi connectivity index (χ3v) is 3.23. The Morgan fingerprint density at radius 3 is 2.69 bits per heavy atom. The summed E-state index contributed by atoms with van der Waals surface area (Å²) in [5, 5.41) is 3.72. The van der Waals surface area contributed by atoms with E-state index in [2.05, 4.69) is 45.1 Å². The highest BCUT2D eigenvalue weighted by Crippen LogP contribution is 2.24. The van der Waals surface area contributed by atoms with Crippen LogP contribution >= 0.6 is 0 Å². The SMILES string of the molecule is CC(CCN(C)C)NC1CCOC(C)(C)C1. The topological polar surface area (TPSA) is 24.5 Å². The summed E-state index contributed by atoms with van der Waals surface area (Å²) < 4.78 is 5.73. The number of rotatable bonds is 5. The molecule has 1 aliphatic heterocycles. The van der Waals surface area contributed by atoms with Gasteiger partial charge in [0.15, 0.2) is 0 Å². The molecule has 1 fully saturated rings. The van der Waals surface area contributed by atoms with Crippen molar-refractivity contribution in [1.82, 2.24) is 10.2 Å². The Morgan fingerprint density at radius 1 is 1.44 bits per heavy atom. The van der Waals surface area contributed by atoms with Gasteiger partial charge in [0.25, 0.3) is 0 Å². The van der Waals surface area contributed by atoms with E-state index in [1.807, 2.05) is 0 Å². The quantitative estimate of drug-likeness (QED) is 0.777. The van der Waals surface area contributed by atoms with Crippen LogP contribution in [0.2, 0.25) is 0 Å². The van der Waals surface area contributed by atoms with Crippen LogP contribution in [0, 0.1) is 0 Å². The second-order valence-electron chi connectivity index (χ2n) is 5.96. The molecule has 0 aromatic rings. The van der Waals surface area contributed by atoms with E-state index in [0.29, 0.717) is 12.1 Å². The van der Waals surface area contributed by atoms with Crippen molar-refractivity contribution < 1.29 is 4.74 Å². The molecular formula is C13H28N2O. The molecule has 1 rings (SSSR count). The highest BCUT2D eigenvalue weighted by Gasteiger charge is 2.29. The first-order valence-corrected chi connectivity index (χ1v) is 6.44. The van der Waals surface area contributed by atoms with Crippen LogP contribution in [0.4, 0.5) is 0 Å². The van der Waals surface area contributed by atoms with Crippen molar-refractivity contribution in [1.29, 1.82) is 0 Å². The zero-order valence-corrected chi connectivity index (χ0v) is 11.5. The molecule has 0 saturated carbocycles. The van der Waals surface area contributed by atoms with E-state index < -0.39 is 0 Å². The van der Waals surface area contributed by atoms with Gasteiger partial charge in [-0.3, -0.25) is 0 Å². The highest BCUT2D eigenvalue weighted by molar-refractivity contribution is 4.84. The molecule has 0 aromatic heterocycles. The Labute approximate surface area is 101 Å². The van der Waals surface area contributed by atoms with Crippen molar-refractivity contribution in [3.63, 3.8) is 0 Å². The number of nitrogens with zero attached hydrogens (tertiary/aromatic N) is 1. The van der Waals surface area contributed by atoms with E-state index in [1.165, 1.54) is 6.42 Å². The molecule has 3 heteroatoms. The van der Waals surface area contributed by atoms with Gasteiger partial charge in [0.1, 0.15) is 0 Å². The van der Waals surface area contributed by atoms with Gasteiger partial charge in [-0.1, -0.05) is 0 Å². The lowest BCUT2D eigenvalue weighted by atomic mass is 9.93. The van der Waals surface area contributed by atoms with Gasteiger partial charge in [-0.05, 0) is 60.7 Å². The Morgan fingerprint density at radius 2 is 2.12 bits per heavy atom. The third kappa shape index (κ3) is 5.28. The fourth-order valence-corrected chi connectivity index (χ4v) is 2.31. The standard InChI is InChI=1S/C13H28N2O/c1-11(6-8-15(4)5)14-12-7-9-16-13(2,3)10-12/h11-12,14H,6-10H2,1-5H3. The lowest BCUT2D eigenvalue weighted by molar-refractivity contribution is -0.0640. The molecule has 0 spiro atoms. The van der Waals surface area contributed by atoms with Crippen LogP contribution in [0.3, 0.4) is 0 Å². The van der Waals surface area contributed by atoms with Crippen molar-refractivity contribution in [3.05, 3.63) is 0 Å². The summed E-state index contributed by atoms with van der Waals surface area (Å²) in [6.07, 6.45) is 3.49. The zero-order chi connectivity index (χ0) is 12.2. The average Bonchev–Trinajstić information content (AvgIpc) is 2.13. The van der Waals surface area contributed by atoms with E-state index in [0.717, 1.165) is 26.0 Å². The van der Waals surface area contributed by atoms with Crippen molar-refractivity contribution >= 4 is 0 Å². The molecule has 3 nitrogen and oxygen atoms in total. The van der Waals surface area contributed by atoms with Gasteiger partial charge in [-0.15, -0.1) is 0 Å². The smallest absolute Gasteiger partial charge is 0.0641 e. The number of nitrogens with one attached hydrogen (secondary N) is 1. The van der Waals surface area contributed by atoms with E-state index in [-0.39, 0.29) is 5.60 Å². The van der Waals surface area contributed by atoms with E-state index in [9.17, 15) is 0 Å². The van der Waals surface area contributed by atoms with Crippen molar-refractivity contribution in [2.75, 3.05) is 27.2 Å². The van der Waals surface area contributed by atoms with Crippen LogP contribution < -0.4 is 5.32 Å². The number of hydrogen-bond donors (Lipinski definition) is 1. The van der Waals surface area contributed by atoms with Crippen LogP contribution in [0.15, 0.2) is 0 Å². The monoisotopic (exact) mass is 228 g/mol. The molecule has 1 heterocycles. The van der Waals surface area contributed by atoms with Gasteiger partial charge in [0.05, 0.1) is 5.60 Å². The predicted molar refractivity (Wildman–Crippen MR) is 68.8 cm³/mol. The van der Waals surface area contributed by atoms with Gasteiger partial charge in [0.2, 0.25) is 0 Å². The van der Waals surface area contributed by atoms with Gasteiger partial charge in [0, 0.05) is 18.7 Å². The fraction of sp³-hybridized carbons (Fsp3) is 1.00. The molecule has 1 saturated heterocycles. The second-order valence-corrected chi connectivity index (χ2v) is 5.96. The largest absolute Gasteiger partial charge is 0.375 e. The van der Waals surface area contributed by atoms with Gasteiger partial charge >= 0.3 is 0 Å². The molecule has 96 valence electrons. The van der Waals surface area contributed by atoms with E-state index in [1.54, 1.807) is 0 Å². The van der Waals surface area contributed by atoms with Crippen molar-refractivity contribution in [2.24, 2.45) is 0 Å². The first kappa shape index (κ1) is 13.9. The third-order valence-electron chi connectivity index (χ3n) is 3.23. The minimum Gasteiger partial charge on any atom is -0.375 e. The molecule has 0 aliphatic carbocycles. The molecule has 0 bridgehead atoms. The molecule has 0 aromatic carbocycles. The molecule has 0 radical (unpaired) electrons. The Hall–Kier alpha value is -0.120. The molecule has 2 unspecified atom stereocenters. The van der Waals surface area contributed by atoms with Crippen LogP contribution in [0.25, 0.3) is 0 Å². The molecule has 16 heavy (non-hydrogen) atoms. The number of ether oxygens (including phenoxy) is 1. The van der Waals surface area contributed by atoms with E-state index >= 15 is 0 Å². The first-order chi connectivity index (χ1) is 7.39. The molecule has 2 atom stereocenters. The zero-order valence-electron chi connectivity index (χ0n) is 11.5. The normalized spacial score (nSPS) is 27.0. The molecular weight excluding hydrogens is 200 g/mol. The van der Waals surface area contributed by atoms with Crippen molar-refractivity contribution in [3.8, 4) is 0 Å². The summed E-state index contributed by atoms with van der Waals surface area (Å²) >= 11 is 0. The maximum atomic E-state index is 5.73. The fourth-order valence-electron chi connectivity index (χ4n) is 2.31. The van der Waals surface area contributed by atoms with Gasteiger partial charge < -0.3 is 15.0 Å². The summed E-state index contributed by atoms with van der Waals surface area (Å²) in [4.78, 5) is 2.24. The lowest BCUT2D eigenvalue weighted by Gasteiger charge is -2.37. The molecule has 1 aliphatic rings. The van der Waals surface area contributed by atoms with Crippen LogP contribution in [0.1, 0.15) is 40.0 Å². The summed E-state index contributed by atoms with van der Waals surface area (Å²) in [7, 11) is 4.26. The predicted octanol–water partition coefficient (Wildman–Crippen LogP) is 1.87. The van der Waals surface area contributed by atoms with E-state index in [4.69, 9.17) is 4.74 Å². The van der Waals surface area contributed by atoms with Crippen LogP contribution in [-0.4, -0.2) is 49.8 Å². The average molecular weight is 228 g/mol. The summed E-state index contributed by atoms with van der Waals surface area (Å²) in [5.41, 5.74) is 0.0528. The molecule has 0 amide bonds. The van der Waals surface area contributed by atoms with Crippen LogP contribution in [0.5, 0.6) is 0 Å². The maximum Gasteiger partial charge on any atom is 0.0641 e. The Bertz CT molecular complexity index is 204. The van der Waals surface area contributed by atoms with Crippen LogP contribution in [-0.2, 0) is 4.74 Å². The highest BCUT2D eigenvalue weighted by atomic mass is 16.5. The summed E-state index contributed by atoms with van der Waals surface area (Å²) in [6, 6.07) is 1.22. The maximum absolute atomic E-state index is 5.73. The van der Waals surface area contributed by atoms with Gasteiger partial charge in [-0.2, -0.15) is 0 Å². The summed E-state index contributed by atoms with van der Waals surface area (Å²) in [6.45, 7) is 8.70. The second kappa shape index (κ2) is 5.99. The minimum absolute atomic E-state index is 0.0528. The number of hydrogen-bond acceptors (Lipinski definition) is 3. The Kier molecular flexibility index (Phi) is 5.22. The summed E-state index contributed by atoms with van der Waals surface area (Å²) in [5.74, 6) is 0. The van der Waals surface area contributed by atoms with Gasteiger partial charge in [-0.25, -0.2) is 0 Å². The molecule has 1 N–H and O–H groups in total. The minimum atomic E-state index is 0.0528. The van der Waals surface area contributed by atoms with Crippen molar-refractivity contribution in [2.45, 2.75) is 57.7 Å². The first-order valence-electron chi connectivity index (χ1n) is 6.44.